The third-order valence-electron chi connectivity index (χ3n) is 1.10. The second-order valence-electron chi connectivity index (χ2n) is 3.27. The van der Waals surface area contributed by atoms with Gasteiger partial charge in [0.25, 0.3) is 0 Å². The summed E-state index contributed by atoms with van der Waals surface area (Å²) in [5, 5.41) is 0. The molecule has 0 aliphatic heterocycles. The van der Waals surface area contributed by atoms with Crippen molar-refractivity contribution in [3.8, 4) is 0 Å². The summed E-state index contributed by atoms with van der Waals surface area (Å²) >= 11 is 0. The van der Waals surface area contributed by atoms with Gasteiger partial charge in [-0.3, -0.25) is 4.79 Å². The number of hydrogen-bond acceptors (Lipinski definition) is 2. The van der Waals surface area contributed by atoms with Crippen molar-refractivity contribution < 1.29 is 9.53 Å². The zero-order chi connectivity index (χ0) is 8.36. The fourth-order valence-corrected chi connectivity index (χ4v) is 0.327. The standard InChI is InChI=1S/C8H14O2/c1-6(8(3,4)5)10-7(2)9/h1H2,2-5H3. The number of hydrogen-bond donors (Lipinski definition) is 0. The van der Waals surface area contributed by atoms with Crippen LogP contribution in [0.15, 0.2) is 12.3 Å². The van der Waals surface area contributed by atoms with Gasteiger partial charge in [-0.2, -0.15) is 0 Å². The van der Waals surface area contributed by atoms with Crippen LogP contribution in [0.3, 0.4) is 0 Å². The molecule has 0 bridgehead atoms. The van der Waals surface area contributed by atoms with Gasteiger partial charge in [0, 0.05) is 12.3 Å². The highest BCUT2D eigenvalue weighted by molar-refractivity contribution is 5.67. The van der Waals surface area contributed by atoms with E-state index in [9.17, 15) is 4.79 Å². The third-order valence-corrected chi connectivity index (χ3v) is 1.10. The van der Waals surface area contributed by atoms with Gasteiger partial charge in [0.1, 0.15) is 5.76 Å². The second kappa shape index (κ2) is 2.86. The highest BCUT2D eigenvalue weighted by atomic mass is 16.5. The summed E-state index contributed by atoms with van der Waals surface area (Å²) in [7, 11) is 0. The molecule has 0 rings (SSSR count). The van der Waals surface area contributed by atoms with E-state index in [0.717, 1.165) is 0 Å². The summed E-state index contributed by atoms with van der Waals surface area (Å²) in [6, 6.07) is 0. The molecule has 0 unspecified atom stereocenters. The summed E-state index contributed by atoms with van der Waals surface area (Å²) in [5.41, 5.74) is -0.147. The minimum Gasteiger partial charge on any atom is -0.431 e. The molecule has 58 valence electrons. The van der Waals surface area contributed by atoms with E-state index < -0.39 is 0 Å². The average molecular weight is 142 g/mol. The Labute approximate surface area is 61.9 Å². The minimum absolute atomic E-state index is 0.147. The fraction of sp³-hybridized carbons (Fsp3) is 0.625. The molecular formula is C8H14O2. The van der Waals surface area contributed by atoms with E-state index in [1.54, 1.807) is 0 Å². The van der Waals surface area contributed by atoms with Crippen molar-refractivity contribution in [1.82, 2.24) is 0 Å². The van der Waals surface area contributed by atoms with Crippen molar-refractivity contribution in [3.63, 3.8) is 0 Å². The lowest BCUT2D eigenvalue weighted by Gasteiger charge is -2.19. The van der Waals surface area contributed by atoms with Gasteiger partial charge in [-0.05, 0) is 0 Å². The predicted octanol–water partition coefficient (Wildman–Crippen LogP) is 2.11. The minimum atomic E-state index is -0.306. The van der Waals surface area contributed by atoms with Crippen LogP contribution in [-0.2, 0) is 9.53 Å². The summed E-state index contributed by atoms with van der Waals surface area (Å²) in [6.07, 6.45) is 0. The monoisotopic (exact) mass is 142 g/mol. The molecule has 10 heavy (non-hydrogen) atoms. The van der Waals surface area contributed by atoms with Crippen LogP contribution < -0.4 is 0 Å². The maximum atomic E-state index is 10.4. The van der Waals surface area contributed by atoms with Crippen molar-refractivity contribution in [2.75, 3.05) is 0 Å². The lowest BCUT2D eigenvalue weighted by molar-refractivity contribution is -0.138. The third kappa shape index (κ3) is 3.28. The molecule has 0 N–H and O–H groups in total. The number of carbonyl (C=O) groups is 1. The molecule has 0 amide bonds. The van der Waals surface area contributed by atoms with Crippen LogP contribution >= 0.6 is 0 Å². The molecule has 0 aromatic heterocycles. The van der Waals surface area contributed by atoms with Gasteiger partial charge in [0.05, 0.1) is 0 Å². The Balaban J connectivity index is 3.99. The molecule has 2 nitrogen and oxygen atoms in total. The van der Waals surface area contributed by atoms with Crippen molar-refractivity contribution in [3.05, 3.63) is 12.3 Å². The maximum Gasteiger partial charge on any atom is 0.307 e. The zero-order valence-electron chi connectivity index (χ0n) is 7.02. The first-order valence-electron chi connectivity index (χ1n) is 3.22. The second-order valence-corrected chi connectivity index (χ2v) is 3.27. The van der Waals surface area contributed by atoms with Crippen LogP contribution in [-0.4, -0.2) is 5.97 Å². The Kier molecular flexibility index (Phi) is 2.64. The Bertz CT molecular complexity index is 151. The van der Waals surface area contributed by atoms with Gasteiger partial charge in [-0.15, -0.1) is 0 Å². The van der Waals surface area contributed by atoms with Crippen LogP contribution in [0.25, 0.3) is 0 Å². The van der Waals surface area contributed by atoms with Gasteiger partial charge < -0.3 is 4.74 Å². The Hall–Kier alpha value is -0.790. The van der Waals surface area contributed by atoms with E-state index in [0.29, 0.717) is 5.76 Å². The van der Waals surface area contributed by atoms with E-state index in [1.807, 2.05) is 20.8 Å². The first-order chi connectivity index (χ1) is 4.34. The van der Waals surface area contributed by atoms with Crippen molar-refractivity contribution in [1.29, 1.82) is 0 Å². The summed E-state index contributed by atoms with van der Waals surface area (Å²) < 4.78 is 4.78. The van der Waals surface area contributed by atoms with Gasteiger partial charge in [0.2, 0.25) is 0 Å². The SMILES string of the molecule is C=C(OC(C)=O)C(C)(C)C. The van der Waals surface area contributed by atoms with E-state index in [4.69, 9.17) is 4.74 Å². The number of rotatable bonds is 1. The molecule has 0 aliphatic carbocycles. The molecule has 0 radical (unpaired) electrons. The lowest BCUT2D eigenvalue weighted by Crippen LogP contribution is -2.13. The number of esters is 1. The van der Waals surface area contributed by atoms with Gasteiger partial charge >= 0.3 is 5.97 Å². The summed E-state index contributed by atoms with van der Waals surface area (Å²) in [6.45, 7) is 10.8. The fourth-order valence-electron chi connectivity index (χ4n) is 0.327. The largest absolute Gasteiger partial charge is 0.431 e. The molecule has 0 saturated heterocycles. The van der Waals surface area contributed by atoms with Crippen LogP contribution in [0.1, 0.15) is 27.7 Å². The van der Waals surface area contributed by atoms with E-state index in [2.05, 4.69) is 6.58 Å². The van der Waals surface area contributed by atoms with E-state index in [1.165, 1.54) is 6.92 Å². The topological polar surface area (TPSA) is 26.3 Å². The maximum absolute atomic E-state index is 10.4. The molecular weight excluding hydrogens is 128 g/mol. The van der Waals surface area contributed by atoms with Gasteiger partial charge in [-0.1, -0.05) is 27.4 Å². The molecule has 0 aromatic rings. The quantitative estimate of drug-likeness (QED) is 0.414. The van der Waals surface area contributed by atoms with Crippen LogP contribution in [0.4, 0.5) is 0 Å². The van der Waals surface area contributed by atoms with Crippen LogP contribution in [0.5, 0.6) is 0 Å². The lowest BCUT2D eigenvalue weighted by atomic mass is 9.95. The molecule has 0 atom stereocenters. The molecule has 0 heterocycles. The molecule has 2 heteroatoms. The Morgan fingerprint density at radius 2 is 1.80 bits per heavy atom. The highest BCUT2D eigenvalue weighted by Gasteiger charge is 2.17. The Morgan fingerprint density at radius 1 is 1.40 bits per heavy atom. The molecule has 0 aliphatic rings. The van der Waals surface area contributed by atoms with Crippen LogP contribution in [0, 0.1) is 5.41 Å². The van der Waals surface area contributed by atoms with Gasteiger partial charge in [-0.25, -0.2) is 0 Å². The molecule has 0 saturated carbocycles. The van der Waals surface area contributed by atoms with Crippen molar-refractivity contribution in [2.24, 2.45) is 5.41 Å². The zero-order valence-corrected chi connectivity index (χ0v) is 7.02. The highest BCUT2D eigenvalue weighted by Crippen LogP contribution is 2.23. The van der Waals surface area contributed by atoms with Crippen molar-refractivity contribution in [2.45, 2.75) is 27.7 Å². The average Bonchev–Trinajstić information content (AvgIpc) is 1.60. The molecule has 0 aromatic carbocycles. The molecule has 0 spiro atoms. The van der Waals surface area contributed by atoms with Crippen molar-refractivity contribution >= 4 is 5.97 Å². The summed E-state index contributed by atoms with van der Waals surface area (Å²) in [4.78, 5) is 10.4. The number of ether oxygens (including phenoxy) is 1. The summed E-state index contributed by atoms with van der Waals surface area (Å²) in [5.74, 6) is 0.208. The van der Waals surface area contributed by atoms with Gasteiger partial charge in [0.15, 0.2) is 0 Å². The first-order valence-corrected chi connectivity index (χ1v) is 3.22. The predicted molar refractivity (Wildman–Crippen MR) is 40.4 cm³/mol. The first kappa shape index (κ1) is 9.21. The smallest absolute Gasteiger partial charge is 0.307 e. The van der Waals surface area contributed by atoms with E-state index >= 15 is 0 Å². The normalized spacial score (nSPS) is 10.8. The van der Waals surface area contributed by atoms with E-state index in [-0.39, 0.29) is 11.4 Å². The number of carbonyl (C=O) groups excluding carboxylic acids is 1. The Morgan fingerprint density at radius 3 is 1.90 bits per heavy atom. The number of allylic oxidation sites excluding steroid dienone is 1. The molecule has 0 fully saturated rings. The van der Waals surface area contributed by atoms with Crippen LogP contribution in [0.2, 0.25) is 0 Å².